The number of aromatic carboxylic acids is 1. The molecule has 1 aromatic rings. The van der Waals surface area contributed by atoms with E-state index in [0.29, 0.717) is 0 Å². The van der Waals surface area contributed by atoms with Gasteiger partial charge in [0, 0.05) is 12.8 Å². The van der Waals surface area contributed by atoms with Gasteiger partial charge in [-0.05, 0) is 0 Å². The van der Waals surface area contributed by atoms with E-state index in [2.05, 4.69) is 15.0 Å². The summed E-state index contributed by atoms with van der Waals surface area (Å²) in [5.74, 6) is -1.25. The minimum absolute atomic E-state index is 0.0310. The number of nitrogens with zero attached hydrogens (tertiary/aromatic N) is 3. The minimum Gasteiger partial charge on any atom is -0.476 e. The molecule has 12 heteroatoms. The van der Waals surface area contributed by atoms with Crippen LogP contribution < -0.4 is 4.72 Å². The first kappa shape index (κ1) is 15.5. The molecule has 108 valence electrons. The molecule has 0 aliphatic heterocycles. The molecule has 19 heavy (non-hydrogen) atoms. The molecule has 1 rings (SSSR count). The van der Waals surface area contributed by atoms with E-state index >= 15 is 0 Å². The fourth-order valence-electron chi connectivity index (χ4n) is 1.14. The predicted octanol–water partition coefficient (Wildman–Crippen LogP) is -2.10. The van der Waals surface area contributed by atoms with E-state index in [1.165, 1.54) is 0 Å². The summed E-state index contributed by atoms with van der Waals surface area (Å²) in [5, 5.41) is 14.4. The van der Waals surface area contributed by atoms with Crippen molar-refractivity contribution in [1.82, 2.24) is 19.7 Å². The van der Waals surface area contributed by atoms with Crippen molar-refractivity contribution in [3.8, 4) is 0 Å². The highest BCUT2D eigenvalue weighted by Gasteiger charge is 2.17. The number of sulfone groups is 1. The van der Waals surface area contributed by atoms with Gasteiger partial charge in [0.2, 0.25) is 10.0 Å². The van der Waals surface area contributed by atoms with Crippen molar-refractivity contribution in [3.05, 3.63) is 11.9 Å². The van der Waals surface area contributed by atoms with E-state index < -0.39 is 30.9 Å². The Morgan fingerprint density at radius 1 is 1.42 bits per heavy atom. The van der Waals surface area contributed by atoms with E-state index in [-0.39, 0.29) is 18.8 Å². The highest BCUT2D eigenvalue weighted by molar-refractivity contribution is 8.06. The molecule has 0 radical (unpaired) electrons. The summed E-state index contributed by atoms with van der Waals surface area (Å²) in [7, 11) is -7.58. The van der Waals surface area contributed by atoms with Crippen molar-refractivity contribution in [3.63, 3.8) is 0 Å². The summed E-state index contributed by atoms with van der Waals surface area (Å²) in [6.07, 6.45) is 1.94. The lowest BCUT2D eigenvalue weighted by molar-refractivity contribution is 0.0690. The molecule has 2 N–H and O–H groups in total. The molecule has 1 aromatic heterocycles. The smallest absolute Gasteiger partial charge is 0.358 e. The van der Waals surface area contributed by atoms with Gasteiger partial charge in [-0.25, -0.2) is 26.4 Å². The Morgan fingerprint density at radius 2 is 2.05 bits per heavy atom. The lowest BCUT2D eigenvalue weighted by Gasteiger charge is -2.05. The van der Waals surface area contributed by atoms with Crippen LogP contribution in [0.25, 0.3) is 0 Å². The number of rotatable bonds is 7. The van der Waals surface area contributed by atoms with Crippen LogP contribution >= 0.6 is 0 Å². The molecule has 0 spiro atoms. The van der Waals surface area contributed by atoms with Crippen LogP contribution in [-0.2, 0) is 26.4 Å². The minimum atomic E-state index is -3.93. The molecular weight excluding hydrogens is 300 g/mol. The second kappa shape index (κ2) is 5.63. The number of hydrogen-bond acceptors (Lipinski definition) is 7. The first-order valence-electron chi connectivity index (χ1n) is 4.87. The highest BCUT2D eigenvalue weighted by Crippen LogP contribution is 1.94. The lowest BCUT2D eigenvalue weighted by atomic mass is 10.5. The topological polar surface area (TPSA) is 148 Å². The van der Waals surface area contributed by atoms with Gasteiger partial charge in [-0.2, -0.15) is 0 Å². The maximum Gasteiger partial charge on any atom is 0.358 e. The third kappa shape index (κ3) is 5.76. The van der Waals surface area contributed by atoms with Crippen molar-refractivity contribution in [2.75, 3.05) is 17.9 Å². The molecule has 0 bridgehead atoms. The quantitative estimate of drug-likeness (QED) is 0.581. The van der Waals surface area contributed by atoms with E-state index in [1.54, 1.807) is 0 Å². The van der Waals surface area contributed by atoms with E-state index in [4.69, 9.17) is 5.11 Å². The van der Waals surface area contributed by atoms with Crippen LogP contribution in [0.5, 0.6) is 0 Å². The first-order valence-corrected chi connectivity index (χ1v) is 8.59. The van der Waals surface area contributed by atoms with Gasteiger partial charge in [0.05, 0.1) is 12.7 Å². The van der Waals surface area contributed by atoms with Gasteiger partial charge in [-0.15, -0.1) is 5.10 Å². The molecule has 0 aliphatic rings. The zero-order chi connectivity index (χ0) is 14.7. The number of aromatic nitrogens is 3. The fraction of sp³-hybridized carbons (Fsp3) is 0.571. The molecule has 10 nitrogen and oxygen atoms in total. The molecule has 0 aromatic carbocycles. The Morgan fingerprint density at radius 3 is 2.53 bits per heavy atom. The molecular formula is C7H12N4O6S2. The maximum absolute atomic E-state index is 11.3. The molecule has 0 saturated carbocycles. The molecule has 0 atom stereocenters. The van der Waals surface area contributed by atoms with Crippen molar-refractivity contribution in [2.45, 2.75) is 6.54 Å². The Labute approximate surface area is 109 Å². The average molecular weight is 312 g/mol. The summed E-state index contributed by atoms with van der Waals surface area (Å²) in [6.45, 7) is -0.0937. The van der Waals surface area contributed by atoms with Crippen LogP contribution in [0.1, 0.15) is 10.5 Å². The summed E-state index contributed by atoms with van der Waals surface area (Å²) in [6, 6.07) is 0. The highest BCUT2D eigenvalue weighted by atomic mass is 32.3. The van der Waals surface area contributed by atoms with Gasteiger partial charge < -0.3 is 5.11 Å². The number of hydrogen-bond donors (Lipinski definition) is 2. The number of carbonyl (C=O) groups is 1. The number of carboxylic acid groups (broad SMARTS) is 1. The monoisotopic (exact) mass is 312 g/mol. The summed E-state index contributed by atoms with van der Waals surface area (Å²) >= 11 is 0. The third-order valence-electron chi connectivity index (χ3n) is 1.79. The van der Waals surface area contributed by atoms with Gasteiger partial charge in [0.25, 0.3) is 0 Å². The van der Waals surface area contributed by atoms with Crippen LogP contribution in [0.2, 0.25) is 0 Å². The molecule has 0 aliphatic carbocycles. The SMILES string of the molecule is CS(=O)(=O)CS(=O)(=O)NCCn1cc(C(=O)O)nn1. The Kier molecular flexibility index (Phi) is 4.60. The van der Waals surface area contributed by atoms with Crippen molar-refractivity contribution in [2.24, 2.45) is 0 Å². The Bertz CT molecular complexity index is 662. The molecule has 0 amide bonds. The number of nitrogens with one attached hydrogen (secondary N) is 1. The van der Waals surface area contributed by atoms with Gasteiger partial charge in [0.1, 0.15) is 0 Å². The maximum atomic E-state index is 11.3. The normalized spacial score (nSPS) is 12.5. The fourth-order valence-corrected chi connectivity index (χ4v) is 4.14. The van der Waals surface area contributed by atoms with Crippen molar-refractivity contribution >= 4 is 25.8 Å². The van der Waals surface area contributed by atoms with Gasteiger partial charge in [0.15, 0.2) is 20.6 Å². The summed E-state index contributed by atoms with van der Waals surface area (Å²) < 4.78 is 47.5. The van der Waals surface area contributed by atoms with Gasteiger partial charge in [-0.1, -0.05) is 5.21 Å². The van der Waals surface area contributed by atoms with Gasteiger partial charge in [-0.3, -0.25) is 4.68 Å². The van der Waals surface area contributed by atoms with E-state index in [0.717, 1.165) is 17.1 Å². The number of carboxylic acids is 1. The lowest BCUT2D eigenvalue weighted by Crippen LogP contribution is -2.32. The van der Waals surface area contributed by atoms with Crippen LogP contribution in [0.3, 0.4) is 0 Å². The summed E-state index contributed by atoms with van der Waals surface area (Å²) in [5.41, 5.74) is -0.265. The first-order chi connectivity index (χ1) is 8.59. The van der Waals surface area contributed by atoms with Crippen LogP contribution in [0, 0.1) is 0 Å². The molecule has 1 heterocycles. The zero-order valence-electron chi connectivity index (χ0n) is 9.85. The molecule has 0 unspecified atom stereocenters. The molecule has 0 fully saturated rings. The van der Waals surface area contributed by atoms with Crippen LogP contribution in [-0.4, -0.2) is 60.8 Å². The predicted molar refractivity (Wildman–Crippen MR) is 63.6 cm³/mol. The van der Waals surface area contributed by atoms with Gasteiger partial charge >= 0.3 is 5.97 Å². The average Bonchev–Trinajstić information content (AvgIpc) is 2.61. The molecule has 0 saturated heterocycles. The van der Waals surface area contributed by atoms with Crippen LogP contribution in [0.15, 0.2) is 6.20 Å². The summed E-state index contributed by atoms with van der Waals surface area (Å²) in [4.78, 5) is 10.5. The standard InChI is InChI=1S/C7H12N4O6S2/c1-18(14,15)5-19(16,17)8-2-3-11-4-6(7(12)13)9-10-11/h4,8H,2-3,5H2,1H3,(H,12,13). The number of sulfonamides is 1. The Hall–Kier alpha value is -1.53. The van der Waals surface area contributed by atoms with Crippen molar-refractivity contribution in [1.29, 1.82) is 0 Å². The largest absolute Gasteiger partial charge is 0.476 e. The van der Waals surface area contributed by atoms with E-state index in [1.807, 2.05) is 0 Å². The third-order valence-corrected chi connectivity index (χ3v) is 5.39. The van der Waals surface area contributed by atoms with Crippen LogP contribution in [0.4, 0.5) is 0 Å². The second-order valence-corrected chi connectivity index (χ2v) is 8.04. The van der Waals surface area contributed by atoms with Crippen molar-refractivity contribution < 1.29 is 26.7 Å². The van der Waals surface area contributed by atoms with E-state index in [9.17, 15) is 21.6 Å². The Balaban J connectivity index is 2.52. The zero-order valence-corrected chi connectivity index (χ0v) is 11.5. The second-order valence-electron chi connectivity index (χ2n) is 3.72.